The van der Waals surface area contributed by atoms with Crippen LogP contribution < -0.4 is 5.32 Å². The molecule has 0 aliphatic carbocycles. The topological polar surface area (TPSA) is 71.5 Å². The highest BCUT2D eigenvalue weighted by Crippen LogP contribution is 2.16. The van der Waals surface area contributed by atoms with Crippen molar-refractivity contribution in [3.8, 4) is 0 Å². The van der Waals surface area contributed by atoms with Gasteiger partial charge in [0.05, 0.1) is 17.7 Å². The maximum absolute atomic E-state index is 11.6. The zero-order valence-electron chi connectivity index (χ0n) is 10.6. The van der Waals surface area contributed by atoms with Gasteiger partial charge in [0.15, 0.2) is 0 Å². The van der Waals surface area contributed by atoms with Crippen LogP contribution in [0.1, 0.15) is 32.4 Å². The summed E-state index contributed by atoms with van der Waals surface area (Å²) < 4.78 is 5.11. The van der Waals surface area contributed by atoms with Crippen LogP contribution in [-0.4, -0.2) is 28.4 Å². The number of aliphatic hydroxyl groups is 1. The fourth-order valence-electron chi connectivity index (χ4n) is 1.30. The van der Waals surface area contributed by atoms with E-state index in [1.54, 1.807) is 26.8 Å². The van der Waals surface area contributed by atoms with Crippen molar-refractivity contribution in [1.82, 2.24) is 10.3 Å². The molecular weight excluding hydrogens is 256 g/mol. The predicted molar refractivity (Wildman–Crippen MR) is 68.4 cm³/mol. The lowest BCUT2D eigenvalue weighted by atomic mass is 10.1. The van der Waals surface area contributed by atoms with Gasteiger partial charge in [-0.05, 0) is 32.4 Å². The molecule has 0 aromatic carbocycles. The molecule has 1 aromatic rings. The van der Waals surface area contributed by atoms with Crippen molar-refractivity contribution in [3.63, 3.8) is 0 Å². The number of hydrogen-bond acceptors (Lipinski definition) is 4. The maximum atomic E-state index is 11.6. The quantitative estimate of drug-likeness (QED) is 0.886. The van der Waals surface area contributed by atoms with Crippen molar-refractivity contribution in [2.45, 2.75) is 32.4 Å². The van der Waals surface area contributed by atoms with E-state index in [4.69, 9.17) is 16.3 Å². The Balaban J connectivity index is 2.71. The largest absolute Gasteiger partial charge is 0.444 e. The second kappa shape index (κ2) is 6.02. The molecule has 1 atom stereocenters. The number of rotatable bonds is 3. The van der Waals surface area contributed by atoms with Gasteiger partial charge < -0.3 is 15.2 Å². The van der Waals surface area contributed by atoms with Gasteiger partial charge in [0, 0.05) is 12.4 Å². The number of hydrogen-bond donors (Lipinski definition) is 2. The Morgan fingerprint density at radius 2 is 2.22 bits per heavy atom. The summed E-state index contributed by atoms with van der Waals surface area (Å²) in [5, 5.41) is 12.3. The molecule has 1 amide bonds. The zero-order chi connectivity index (χ0) is 13.8. The summed E-state index contributed by atoms with van der Waals surface area (Å²) >= 11 is 5.80. The lowest BCUT2D eigenvalue weighted by Gasteiger charge is -2.22. The molecule has 0 radical (unpaired) electrons. The first-order valence-corrected chi connectivity index (χ1v) is 5.90. The van der Waals surface area contributed by atoms with Crippen molar-refractivity contribution in [3.05, 3.63) is 29.0 Å². The van der Waals surface area contributed by atoms with E-state index in [1.807, 2.05) is 0 Å². The van der Waals surface area contributed by atoms with Gasteiger partial charge in [0.1, 0.15) is 5.60 Å². The number of aliphatic hydroxyl groups excluding tert-OH is 1. The molecule has 6 heteroatoms. The summed E-state index contributed by atoms with van der Waals surface area (Å²) in [5.41, 5.74) is 0.0345. The van der Waals surface area contributed by atoms with Crippen molar-refractivity contribution in [2.24, 2.45) is 0 Å². The molecule has 0 saturated heterocycles. The summed E-state index contributed by atoms with van der Waals surface area (Å²) in [6.07, 6.45) is 2.42. The first kappa shape index (κ1) is 14.7. The van der Waals surface area contributed by atoms with Gasteiger partial charge in [0.2, 0.25) is 0 Å². The lowest BCUT2D eigenvalue weighted by molar-refractivity contribution is 0.0481. The maximum Gasteiger partial charge on any atom is 0.408 e. The van der Waals surface area contributed by atoms with Crippen LogP contribution in [0.4, 0.5) is 4.79 Å². The van der Waals surface area contributed by atoms with Crippen molar-refractivity contribution < 1.29 is 14.6 Å². The van der Waals surface area contributed by atoms with Gasteiger partial charge in [-0.2, -0.15) is 0 Å². The lowest BCUT2D eigenvalue weighted by Crippen LogP contribution is -2.36. The number of pyridine rings is 1. The van der Waals surface area contributed by atoms with E-state index in [0.717, 1.165) is 0 Å². The Kier molecular flexibility index (Phi) is 4.93. The van der Waals surface area contributed by atoms with E-state index in [1.165, 1.54) is 12.4 Å². The van der Waals surface area contributed by atoms with Gasteiger partial charge in [-0.3, -0.25) is 4.98 Å². The SMILES string of the molecule is CC(C)(C)OC(=O)NC(CO)c1cncc(Cl)c1. The summed E-state index contributed by atoms with van der Waals surface area (Å²) in [4.78, 5) is 15.5. The van der Waals surface area contributed by atoms with E-state index in [0.29, 0.717) is 10.6 Å². The highest BCUT2D eigenvalue weighted by Gasteiger charge is 2.20. The fraction of sp³-hybridized carbons (Fsp3) is 0.500. The van der Waals surface area contributed by atoms with Gasteiger partial charge >= 0.3 is 6.09 Å². The summed E-state index contributed by atoms with van der Waals surface area (Å²) in [7, 11) is 0. The van der Waals surface area contributed by atoms with E-state index in [9.17, 15) is 9.90 Å². The van der Waals surface area contributed by atoms with Crippen LogP contribution in [0.2, 0.25) is 5.02 Å². The summed E-state index contributed by atoms with van der Waals surface area (Å²) in [6, 6.07) is 1.04. The Morgan fingerprint density at radius 1 is 1.56 bits per heavy atom. The first-order valence-electron chi connectivity index (χ1n) is 5.52. The molecule has 1 rings (SSSR count). The van der Waals surface area contributed by atoms with Crippen molar-refractivity contribution in [2.75, 3.05) is 6.61 Å². The predicted octanol–water partition coefficient (Wildman–Crippen LogP) is 2.29. The Hall–Kier alpha value is -1.33. The molecular formula is C12H17ClN2O3. The fourth-order valence-corrected chi connectivity index (χ4v) is 1.49. The van der Waals surface area contributed by atoms with Crippen LogP contribution in [0.15, 0.2) is 18.5 Å². The van der Waals surface area contributed by atoms with Crippen LogP contribution >= 0.6 is 11.6 Å². The molecule has 0 bridgehead atoms. The molecule has 0 aliphatic rings. The number of ether oxygens (including phenoxy) is 1. The smallest absolute Gasteiger partial charge is 0.408 e. The summed E-state index contributed by atoms with van der Waals surface area (Å²) in [5.74, 6) is 0. The van der Waals surface area contributed by atoms with Crippen LogP contribution in [0, 0.1) is 0 Å². The van der Waals surface area contributed by atoms with Gasteiger partial charge in [0.25, 0.3) is 0 Å². The van der Waals surface area contributed by atoms with Gasteiger partial charge in [-0.1, -0.05) is 11.6 Å². The van der Waals surface area contributed by atoms with Crippen molar-refractivity contribution in [1.29, 1.82) is 0 Å². The standard InChI is InChI=1S/C12H17ClN2O3/c1-12(2,3)18-11(17)15-10(7-16)8-4-9(13)6-14-5-8/h4-6,10,16H,7H2,1-3H3,(H,15,17). The second-order valence-corrected chi connectivity index (χ2v) is 5.25. The van der Waals surface area contributed by atoms with Crippen LogP contribution in [0.5, 0.6) is 0 Å². The molecule has 2 N–H and O–H groups in total. The molecule has 1 unspecified atom stereocenters. The second-order valence-electron chi connectivity index (χ2n) is 4.82. The van der Waals surface area contributed by atoms with Gasteiger partial charge in [-0.15, -0.1) is 0 Å². The number of amides is 1. The van der Waals surface area contributed by atoms with E-state index in [-0.39, 0.29) is 6.61 Å². The molecule has 18 heavy (non-hydrogen) atoms. The Bertz CT molecular complexity index is 418. The number of carbonyl (C=O) groups is 1. The van der Waals surface area contributed by atoms with Gasteiger partial charge in [-0.25, -0.2) is 4.79 Å². The number of nitrogens with zero attached hydrogens (tertiary/aromatic N) is 1. The zero-order valence-corrected chi connectivity index (χ0v) is 11.4. The molecule has 0 fully saturated rings. The third-order valence-electron chi connectivity index (χ3n) is 2.00. The Labute approximate surface area is 111 Å². The molecule has 1 aromatic heterocycles. The first-order chi connectivity index (χ1) is 8.31. The number of aromatic nitrogens is 1. The molecule has 100 valence electrons. The number of carbonyl (C=O) groups excluding carboxylic acids is 1. The molecule has 0 aliphatic heterocycles. The van der Waals surface area contributed by atoms with Crippen LogP contribution in [0.3, 0.4) is 0 Å². The van der Waals surface area contributed by atoms with E-state index in [2.05, 4.69) is 10.3 Å². The van der Waals surface area contributed by atoms with E-state index >= 15 is 0 Å². The monoisotopic (exact) mass is 272 g/mol. The molecule has 1 heterocycles. The van der Waals surface area contributed by atoms with E-state index < -0.39 is 17.7 Å². The number of alkyl carbamates (subject to hydrolysis) is 1. The minimum absolute atomic E-state index is 0.263. The van der Waals surface area contributed by atoms with Crippen LogP contribution in [0.25, 0.3) is 0 Å². The normalized spacial score (nSPS) is 12.9. The number of halogens is 1. The number of nitrogens with one attached hydrogen (secondary N) is 1. The molecule has 0 saturated carbocycles. The van der Waals surface area contributed by atoms with Crippen LogP contribution in [-0.2, 0) is 4.74 Å². The minimum atomic E-state index is -0.596. The summed E-state index contributed by atoms with van der Waals surface area (Å²) in [6.45, 7) is 5.03. The average molecular weight is 273 g/mol. The molecule has 5 nitrogen and oxygen atoms in total. The Morgan fingerprint density at radius 3 is 2.72 bits per heavy atom. The highest BCUT2D eigenvalue weighted by atomic mass is 35.5. The highest BCUT2D eigenvalue weighted by molar-refractivity contribution is 6.30. The van der Waals surface area contributed by atoms with Crippen molar-refractivity contribution >= 4 is 17.7 Å². The third kappa shape index (κ3) is 4.89. The average Bonchev–Trinajstić information content (AvgIpc) is 2.23. The third-order valence-corrected chi connectivity index (χ3v) is 2.21. The minimum Gasteiger partial charge on any atom is -0.444 e. The molecule has 0 spiro atoms.